The average molecular weight is 558 g/mol. The molecule has 0 radical (unpaired) electrons. The van der Waals surface area contributed by atoms with Crippen molar-refractivity contribution in [1.29, 1.82) is 0 Å². The van der Waals surface area contributed by atoms with E-state index in [0.717, 1.165) is 45.6 Å². The normalized spacial score (nSPS) is 17.0. The Balaban J connectivity index is 1.13. The van der Waals surface area contributed by atoms with E-state index in [9.17, 15) is 9.90 Å². The Morgan fingerprint density at radius 1 is 0.976 bits per heavy atom. The molecule has 2 unspecified atom stereocenters. The van der Waals surface area contributed by atoms with Crippen molar-refractivity contribution in [3.05, 3.63) is 95.8 Å². The van der Waals surface area contributed by atoms with Crippen LogP contribution in [0.5, 0.6) is 11.5 Å². The number of aromatic nitrogens is 2. The number of ether oxygens (including phenoxy) is 4. The van der Waals surface area contributed by atoms with Crippen molar-refractivity contribution in [2.75, 3.05) is 33.4 Å². The van der Waals surface area contributed by atoms with E-state index in [1.54, 1.807) is 19.5 Å². The fraction of sp³-hybridized carbons (Fsp3) is 0.344. The van der Waals surface area contributed by atoms with Crippen molar-refractivity contribution in [2.45, 2.75) is 38.1 Å². The van der Waals surface area contributed by atoms with Gasteiger partial charge in [-0.2, -0.15) is 0 Å². The van der Waals surface area contributed by atoms with Gasteiger partial charge in [-0.15, -0.1) is 0 Å². The minimum absolute atomic E-state index is 0.0725. The van der Waals surface area contributed by atoms with Gasteiger partial charge in [-0.1, -0.05) is 36.4 Å². The summed E-state index contributed by atoms with van der Waals surface area (Å²) in [5.74, 6) is 1.69. The van der Waals surface area contributed by atoms with Crippen LogP contribution in [0, 0.1) is 0 Å². The second kappa shape index (κ2) is 13.9. The largest absolute Gasteiger partial charge is 0.496 e. The molecule has 3 aromatic carbocycles. The third kappa shape index (κ3) is 7.50. The van der Waals surface area contributed by atoms with Crippen molar-refractivity contribution in [2.24, 2.45) is 0 Å². The number of nitrogens with zero attached hydrogens (tertiary/aromatic N) is 3. The average Bonchev–Trinajstić information content (AvgIpc) is 3.02. The molecule has 2 heterocycles. The highest BCUT2D eigenvalue weighted by Gasteiger charge is 2.33. The standard InChI is InChI=1S/C32H35N3O6/c1-38-30-6-3-2-5-25(30)22-39-17-4-18-40-26-10-8-24(9-11-26)27-13-16-35(32(36)37)20-31(27)41-21-23-7-12-28-29(19-23)34-15-14-33-28/h2-3,5-12,14-15,19,27,31H,4,13,16-18,20-22H2,1H3,(H,36,37). The molecule has 1 aromatic heterocycles. The molecule has 0 aliphatic carbocycles. The van der Waals surface area contributed by atoms with E-state index in [0.29, 0.717) is 45.9 Å². The molecule has 9 heteroatoms. The van der Waals surface area contributed by atoms with Gasteiger partial charge in [0.25, 0.3) is 0 Å². The summed E-state index contributed by atoms with van der Waals surface area (Å²) in [5, 5.41) is 9.59. The SMILES string of the molecule is COc1ccccc1COCCCOc1ccc(C2CCN(C(=O)O)CC2OCc2ccc3nccnc3c2)cc1. The van der Waals surface area contributed by atoms with Crippen molar-refractivity contribution < 1.29 is 28.8 Å². The Hall–Kier alpha value is -4.21. The molecule has 0 bridgehead atoms. The van der Waals surface area contributed by atoms with Gasteiger partial charge in [0, 0.05) is 36.8 Å². The van der Waals surface area contributed by atoms with Crippen LogP contribution in [-0.4, -0.2) is 65.6 Å². The molecule has 0 spiro atoms. The number of benzene rings is 3. The molecule has 1 amide bonds. The molecule has 2 atom stereocenters. The van der Waals surface area contributed by atoms with Gasteiger partial charge in [0.1, 0.15) is 11.5 Å². The zero-order valence-corrected chi connectivity index (χ0v) is 23.1. The first-order chi connectivity index (χ1) is 20.1. The van der Waals surface area contributed by atoms with Crippen LogP contribution >= 0.6 is 0 Å². The number of carboxylic acid groups (broad SMARTS) is 1. The highest BCUT2D eigenvalue weighted by Crippen LogP contribution is 2.32. The van der Waals surface area contributed by atoms with Gasteiger partial charge in [0.2, 0.25) is 0 Å². The minimum Gasteiger partial charge on any atom is -0.496 e. The number of hydrogen-bond acceptors (Lipinski definition) is 7. The van der Waals surface area contributed by atoms with Gasteiger partial charge in [0.15, 0.2) is 0 Å². The molecule has 1 saturated heterocycles. The Kier molecular flexibility index (Phi) is 9.61. The summed E-state index contributed by atoms with van der Waals surface area (Å²) in [5.41, 5.74) is 4.73. The molecule has 1 N–H and O–H groups in total. The quantitative estimate of drug-likeness (QED) is 0.222. The maximum Gasteiger partial charge on any atom is 0.407 e. The Morgan fingerprint density at radius 2 is 1.78 bits per heavy atom. The topological polar surface area (TPSA) is 103 Å². The number of likely N-dealkylation sites (tertiary alicyclic amines) is 1. The van der Waals surface area contributed by atoms with Gasteiger partial charge < -0.3 is 29.0 Å². The molecule has 41 heavy (non-hydrogen) atoms. The zero-order chi connectivity index (χ0) is 28.4. The maximum atomic E-state index is 11.7. The lowest BCUT2D eigenvalue weighted by Crippen LogP contribution is -2.46. The van der Waals surface area contributed by atoms with Crippen LogP contribution in [0.3, 0.4) is 0 Å². The fourth-order valence-electron chi connectivity index (χ4n) is 5.11. The van der Waals surface area contributed by atoms with Crippen molar-refractivity contribution in [3.63, 3.8) is 0 Å². The molecule has 1 aliphatic heterocycles. The maximum absolute atomic E-state index is 11.7. The molecular formula is C32H35N3O6. The third-order valence-electron chi connectivity index (χ3n) is 7.29. The van der Waals surface area contributed by atoms with Crippen molar-refractivity contribution in [1.82, 2.24) is 14.9 Å². The summed E-state index contributed by atoms with van der Waals surface area (Å²) in [6.45, 7) is 2.78. The van der Waals surface area contributed by atoms with Crippen LogP contribution in [0.2, 0.25) is 0 Å². The molecule has 9 nitrogen and oxygen atoms in total. The van der Waals surface area contributed by atoms with E-state index in [2.05, 4.69) is 22.1 Å². The van der Waals surface area contributed by atoms with E-state index in [4.69, 9.17) is 18.9 Å². The van der Waals surface area contributed by atoms with E-state index >= 15 is 0 Å². The number of hydrogen-bond donors (Lipinski definition) is 1. The summed E-state index contributed by atoms with van der Waals surface area (Å²) in [6, 6.07) is 21.7. The third-order valence-corrected chi connectivity index (χ3v) is 7.29. The fourth-order valence-corrected chi connectivity index (χ4v) is 5.11. The van der Waals surface area contributed by atoms with Gasteiger partial charge >= 0.3 is 6.09 Å². The molecular weight excluding hydrogens is 522 g/mol. The van der Waals surface area contributed by atoms with E-state index in [1.807, 2.05) is 54.6 Å². The van der Waals surface area contributed by atoms with Crippen LogP contribution in [0.15, 0.2) is 79.1 Å². The lowest BCUT2D eigenvalue weighted by Gasteiger charge is -2.37. The monoisotopic (exact) mass is 557 g/mol. The predicted octanol–water partition coefficient (Wildman–Crippen LogP) is 5.68. The van der Waals surface area contributed by atoms with Gasteiger partial charge in [-0.05, 0) is 47.9 Å². The second-order valence-corrected chi connectivity index (χ2v) is 9.99. The van der Waals surface area contributed by atoms with Crippen LogP contribution in [0.4, 0.5) is 4.79 Å². The summed E-state index contributed by atoms with van der Waals surface area (Å²) in [4.78, 5) is 21.8. The van der Waals surface area contributed by atoms with Gasteiger partial charge in [-0.25, -0.2) is 4.79 Å². The van der Waals surface area contributed by atoms with E-state index in [-0.39, 0.29) is 12.0 Å². The molecule has 1 fully saturated rings. The molecule has 1 aliphatic rings. The summed E-state index contributed by atoms with van der Waals surface area (Å²) >= 11 is 0. The first-order valence-electron chi connectivity index (χ1n) is 13.8. The predicted molar refractivity (Wildman–Crippen MR) is 154 cm³/mol. The lowest BCUT2D eigenvalue weighted by molar-refractivity contribution is -0.0199. The van der Waals surface area contributed by atoms with Crippen LogP contribution in [-0.2, 0) is 22.7 Å². The highest BCUT2D eigenvalue weighted by atomic mass is 16.5. The summed E-state index contributed by atoms with van der Waals surface area (Å²) < 4.78 is 23.4. The smallest absolute Gasteiger partial charge is 0.407 e. The Labute approximate surface area is 239 Å². The number of para-hydroxylation sites is 1. The summed E-state index contributed by atoms with van der Waals surface area (Å²) in [7, 11) is 1.66. The highest BCUT2D eigenvalue weighted by molar-refractivity contribution is 5.74. The van der Waals surface area contributed by atoms with Crippen molar-refractivity contribution >= 4 is 17.1 Å². The number of rotatable bonds is 12. The first kappa shape index (κ1) is 28.3. The van der Waals surface area contributed by atoms with E-state index in [1.165, 1.54) is 4.90 Å². The van der Waals surface area contributed by atoms with Crippen LogP contribution < -0.4 is 9.47 Å². The van der Waals surface area contributed by atoms with Gasteiger partial charge in [-0.3, -0.25) is 9.97 Å². The summed E-state index contributed by atoms with van der Waals surface area (Å²) in [6.07, 6.45) is 3.59. The zero-order valence-electron chi connectivity index (χ0n) is 23.1. The molecule has 214 valence electrons. The Morgan fingerprint density at radius 3 is 2.59 bits per heavy atom. The minimum atomic E-state index is -0.923. The molecule has 4 aromatic rings. The first-order valence-corrected chi connectivity index (χ1v) is 13.8. The number of fused-ring (bicyclic) bond motifs is 1. The number of amides is 1. The number of carbonyl (C=O) groups is 1. The molecule has 0 saturated carbocycles. The second-order valence-electron chi connectivity index (χ2n) is 9.99. The van der Waals surface area contributed by atoms with Crippen LogP contribution in [0.1, 0.15) is 35.4 Å². The van der Waals surface area contributed by atoms with Crippen LogP contribution in [0.25, 0.3) is 11.0 Å². The van der Waals surface area contributed by atoms with Gasteiger partial charge in [0.05, 0.1) is 57.2 Å². The van der Waals surface area contributed by atoms with Crippen molar-refractivity contribution in [3.8, 4) is 11.5 Å². The Bertz CT molecular complexity index is 1430. The lowest BCUT2D eigenvalue weighted by atomic mass is 9.87. The van der Waals surface area contributed by atoms with E-state index < -0.39 is 6.09 Å². The molecule has 5 rings (SSSR count). The number of piperidine rings is 1. The number of methoxy groups -OCH3 is 1.